The topological polar surface area (TPSA) is 20.2 Å². The van der Waals surface area contributed by atoms with Gasteiger partial charge in [0.1, 0.15) is 5.60 Å². The molecule has 1 unspecified atom stereocenters. The minimum absolute atomic E-state index is 0.159. The first kappa shape index (κ1) is 11.6. The van der Waals surface area contributed by atoms with Gasteiger partial charge in [0.05, 0.1) is 0 Å². The largest absolute Gasteiger partial charge is 0.384 e. The summed E-state index contributed by atoms with van der Waals surface area (Å²) in [5.41, 5.74) is -0.940. The molecule has 0 amide bonds. The summed E-state index contributed by atoms with van der Waals surface area (Å²) in [6.45, 7) is 8.10. The second kappa shape index (κ2) is 3.57. The van der Waals surface area contributed by atoms with Crippen LogP contribution in [0.4, 0.5) is 0 Å². The van der Waals surface area contributed by atoms with E-state index in [9.17, 15) is 5.11 Å². The summed E-state index contributed by atoms with van der Waals surface area (Å²) in [5.74, 6) is 0. The van der Waals surface area contributed by atoms with Crippen LogP contribution in [0.15, 0.2) is 30.3 Å². The van der Waals surface area contributed by atoms with Crippen molar-refractivity contribution < 1.29 is 5.11 Å². The molecule has 2 rings (SSSR count). The van der Waals surface area contributed by atoms with Crippen LogP contribution in [-0.2, 0) is 5.60 Å². The van der Waals surface area contributed by atoms with E-state index in [1.54, 1.807) is 11.3 Å². The Hall–Kier alpha value is -0.860. The zero-order valence-electron chi connectivity index (χ0n) is 10.2. The molecule has 1 aromatic carbocycles. The zero-order valence-corrected chi connectivity index (χ0v) is 11.1. The van der Waals surface area contributed by atoms with Crippen molar-refractivity contribution in [2.24, 2.45) is 5.41 Å². The van der Waals surface area contributed by atoms with Crippen molar-refractivity contribution in [3.05, 3.63) is 35.2 Å². The lowest BCUT2D eigenvalue weighted by Crippen LogP contribution is -2.35. The summed E-state index contributed by atoms with van der Waals surface area (Å²) in [5, 5.41) is 11.8. The Labute approximate surface area is 101 Å². The fourth-order valence-corrected chi connectivity index (χ4v) is 2.91. The highest BCUT2D eigenvalue weighted by atomic mass is 32.1. The molecule has 86 valence electrons. The van der Waals surface area contributed by atoms with Gasteiger partial charge < -0.3 is 5.11 Å². The predicted molar refractivity (Wildman–Crippen MR) is 70.9 cm³/mol. The van der Waals surface area contributed by atoms with Crippen LogP contribution in [0.5, 0.6) is 0 Å². The predicted octanol–water partition coefficient (Wildman–Crippen LogP) is 4.15. The second-order valence-electron chi connectivity index (χ2n) is 5.47. The van der Waals surface area contributed by atoms with Gasteiger partial charge in [-0.2, -0.15) is 0 Å². The lowest BCUT2D eigenvalue weighted by atomic mass is 9.77. The van der Waals surface area contributed by atoms with E-state index in [1.807, 2.05) is 19.1 Å². The van der Waals surface area contributed by atoms with Crippen LogP contribution in [0.3, 0.4) is 0 Å². The van der Waals surface area contributed by atoms with Gasteiger partial charge >= 0.3 is 0 Å². The molecule has 0 fully saturated rings. The molecule has 2 heteroatoms. The van der Waals surface area contributed by atoms with Gasteiger partial charge in [0.2, 0.25) is 0 Å². The first-order valence-electron chi connectivity index (χ1n) is 5.54. The van der Waals surface area contributed by atoms with E-state index in [2.05, 4.69) is 39.0 Å². The summed E-state index contributed by atoms with van der Waals surface area (Å²) >= 11 is 1.68. The molecule has 16 heavy (non-hydrogen) atoms. The monoisotopic (exact) mass is 234 g/mol. The third-order valence-electron chi connectivity index (χ3n) is 3.37. The molecule has 1 N–H and O–H groups in total. The molecule has 1 aromatic heterocycles. The maximum absolute atomic E-state index is 10.6. The van der Waals surface area contributed by atoms with Gasteiger partial charge in [-0.15, -0.1) is 11.3 Å². The van der Waals surface area contributed by atoms with Crippen LogP contribution in [0.1, 0.15) is 32.6 Å². The minimum atomic E-state index is -0.781. The van der Waals surface area contributed by atoms with Crippen LogP contribution in [0, 0.1) is 5.41 Å². The van der Waals surface area contributed by atoms with Gasteiger partial charge in [-0.25, -0.2) is 0 Å². The molecule has 0 saturated heterocycles. The Morgan fingerprint density at radius 2 is 1.69 bits per heavy atom. The van der Waals surface area contributed by atoms with Crippen LogP contribution in [-0.4, -0.2) is 5.11 Å². The third kappa shape index (κ3) is 1.76. The Bertz CT molecular complexity index is 470. The number of hydrogen-bond acceptors (Lipinski definition) is 2. The summed E-state index contributed by atoms with van der Waals surface area (Å²) in [4.78, 5) is 1.04. The number of hydrogen-bond donors (Lipinski definition) is 1. The zero-order chi connectivity index (χ0) is 12.0. The molecule has 0 aliphatic heterocycles. The molecular formula is C14H18OS. The van der Waals surface area contributed by atoms with Gasteiger partial charge in [-0.1, -0.05) is 39.0 Å². The molecule has 0 aliphatic rings. The highest BCUT2D eigenvalue weighted by Crippen LogP contribution is 2.43. The smallest absolute Gasteiger partial charge is 0.101 e. The maximum atomic E-state index is 10.6. The number of thiophene rings is 1. The van der Waals surface area contributed by atoms with E-state index >= 15 is 0 Å². The highest BCUT2D eigenvalue weighted by molar-refractivity contribution is 7.19. The highest BCUT2D eigenvalue weighted by Gasteiger charge is 2.38. The number of fused-ring (bicyclic) bond motifs is 1. The van der Waals surface area contributed by atoms with Crippen molar-refractivity contribution in [1.29, 1.82) is 0 Å². The van der Waals surface area contributed by atoms with Crippen molar-refractivity contribution in [2.75, 3.05) is 0 Å². The first-order chi connectivity index (χ1) is 7.32. The molecule has 0 bridgehead atoms. The van der Waals surface area contributed by atoms with Crippen molar-refractivity contribution in [3.8, 4) is 0 Å². The number of benzene rings is 1. The Balaban J connectivity index is 2.56. The summed E-state index contributed by atoms with van der Waals surface area (Å²) in [7, 11) is 0. The maximum Gasteiger partial charge on any atom is 0.101 e. The first-order valence-corrected chi connectivity index (χ1v) is 6.35. The quantitative estimate of drug-likeness (QED) is 0.785. The Kier molecular flexibility index (Phi) is 2.59. The molecule has 0 spiro atoms. The summed E-state index contributed by atoms with van der Waals surface area (Å²) < 4.78 is 1.24. The normalized spacial score (nSPS) is 16.3. The number of rotatable bonds is 1. The summed E-state index contributed by atoms with van der Waals surface area (Å²) in [6, 6.07) is 10.4. The second-order valence-corrected chi connectivity index (χ2v) is 6.55. The molecule has 2 aromatic rings. The average molecular weight is 234 g/mol. The van der Waals surface area contributed by atoms with Crippen molar-refractivity contribution in [3.63, 3.8) is 0 Å². The van der Waals surface area contributed by atoms with E-state index in [0.29, 0.717) is 0 Å². The molecule has 0 aliphatic carbocycles. The standard InChI is InChI=1S/C14H18OS/c1-13(2,3)14(4,15)12-9-10-7-5-6-8-11(10)16-12/h5-9,15H,1-4H3. The van der Waals surface area contributed by atoms with E-state index in [0.717, 1.165) is 4.88 Å². The molecule has 1 nitrogen and oxygen atoms in total. The fraction of sp³-hybridized carbons (Fsp3) is 0.429. The van der Waals surface area contributed by atoms with Crippen LogP contribution < -0.4 is 0 Å². The Morgan fingerprint density at radius 3 is 2.25 bits per heavy atom. The molecular weight excluding hydrogens is 216 g/mol. The molecule has 0 radical (unpaired) electrons. The van der Waals surface area contributed by atoms with Gasteiger partial charge in [-0.05, 0) is 29.9 Å². The molecule has 1 atom stereocenters. The number of aliphatic hydroxyl groups is 1. The minimum Gasteiger partial charge on any atom is -0.384 e. The average Bonchev–Trinajstić information content (AvgIpc) is 2.59. The molecule has 0 saturated carbocycles. The van der Waals surface area contributed by atoms with Crippen LogP contribution >= 0.6 is 11.3 Å². The van der Waals surface area contributed by atoms with Gasteiger partial charge in [0.15, 0.2) is 0 Å². The fourth-order valence-electron chi connectivity index (χ4n) is 1.59. The van der Waals surface area contributed by atoms with Gasteiger partial charge in [0, 0.05) is 9.58 Å². The van der Waals surface area contributed by atoms with E-state index in [1.165, 1.54) is 10.1 Å². The van der Waals surface area contributed by atoms with Gasteiger partial charge in [-0.3, -0.25) is 0 Å². The molecule has 1 heterocycles. The third-order valence-corrected chi connectivity index (χ3v) is 4.69. The van der Waals surface area contributed by atoms with Crippen LogP contribution in [0.25, 0.3) is 10.1 Å². The van der Waals surface area contributed by atoms with Crippen molar-refractivity contribution in [1.82, 2.24) is 0 Å². The lowest BCUT2D eigenvalue weighted by Gasteiger charge is -2.36. The Morgan fingerprint density at radius 1 is 1.06 bits per heavy atom. The van der Waals surface area contributed by atoms with Gasteiger partial charge in [0.25, 0.3) is 0 Å². The van der Waals surface area contributed by atoms with E-state index in [4.69, 9.17) is 0 Å². The lowest BCUT2D eigenvalue weighted by molar-refractivity contribution is -0.0437. The summed E-state index contributed by atoms with van der Waals surface area (Å²) in [6.07, 6.45) is 0. The van der Waals surface area contributed by atoms with E-state index in [-0.39, 0.29) is 5.41 Å². The van der Waals surface area contributed by atoms with Crippen LogP contribution in [0.2, 0.25) is 0 Å². The SMILES string of the molecule is CC(C)(C)C(C)(O)c1cc2ccccc2s1. The van der Waals surface area contributed by atoms with Crippen molar-refractivity contribution >= 4 is 21.4 Å². The van der Waals surface area contributed by atoms with E-state index < -0.39 is 5.60 Å². The van der Waals surface area contributed by atoms with Crippen molar-refractivity contribution in [2.45, 2.75) is 33.3 Å².